The quantitative estimate of drug-likeness (QED) is 0.695. The van der Waals surface area contributed by atoms with Crippen molar-refractivity contribution in [2.45, 2.75) is 35.7 Å². The van der Waals surface area contributed by atoms with E-state index >= 15 is 0 Å². The summed E-state index contributed by atoms with van der Waals surface area (Å²) in [4.78, 5) is 11.3. The van der Waals surface area contributed by atoms with E-state index in [-0.39, 0.29) is 11.2 Å². The smallest absolute Gasteiger partial charge is 0.319 e. The van der Waals surface area contributed by atoms with E-state index in [0.717, 1.165) is 24.4 Å². The van der Waals surface area contributed by atoms with Crippen LogP contribution in [0.25, 0.3) is 0 Å². The molecule has 1 saturated heterocycles. The van der Waals surface area contributed by atoms with E-state index in [1.54, 1.807) is 0 Å². The highest BCUT2D eigenvalue weighted by atomic mass is 32.2. The number of hydrogen-bond acceptors (Lipinski definition) is 6. The molecular weight excluding hydrogens is 216 g/mol. The Morgan fingerprint density at radius 2 is 2.27 bits per heavy atom. The lowest BCUT2D eigenvalue weighted by molar-refractivity contribution is -0.137. The van der Waals surface area contributed by atoms with Gasteiger partial charge in [0.1, 0.15) is 5.25 Å². The first-order valence-corrected chi connectivity index (χ1v) is 5.84. The van der Waals surface area contributed by atoms with E-state index in [4.69, 9.17) is 4.74 Å². The largest absolute Gasteiger partial charge is 0.465 e. The summed E-state index contributed by atoms with van der Waals surface area (Å²) in [5, 5.41) is 12.1. The van der Waals surface area contributed by atoms with Gasteiger partial charge in [-0.3, -0.25) is 4.79 Å². The van der Waals surface area contributed by atoms with Crippen LogP contribution in [0, 0.1) is 0 Å². The van der Waals surface area contributed by atoms with Crippen LogP contribution in [0.2, 0.25) is 0 Å². The molecule has 1 saturated carbocycles. The molecule has 15 heavy (non-hydrogen) atoms. The van der Waals surface area contributed by atoms with Crippen LogP contribution in [0.4, 0.5) is 0 Å². The molecule has 80 valence electrons. The number of nitrogens with zero attached hydrogens (tertiary/aromatic N) is 4. The number of hydrogen-bond donors (Lipinski definition) is 0. The summed E-state index contributed by atoms with van der Waals surface area (Å²) >= 11 is 1.41. The number of tetrazole rings is 1. The third kappa shape index (κ3) is 1.71. The minimum absolute atomic E-state index is 0.131. The van der Waals surface area contributed by atoms with E-state index in [1.807, 2.05) is 4.68 Å². The van der Waals surface area contributed by atoms with Crippen molar-refractivity contribution in [3.8, 4) is 0 Å². The van der Waals surface area contributed by atoms with Crippen LogP contribution >= 0.6 is 11.8 Å². The third-order valence-corrected chi connectivity index (χ3v) is 3.68. The number of esters is 1. The molecule has 3 rings (SSSR count). The maximum absolute atomic E-state index is 11.3. The Kier molecular flexibility index (Phi) is 2.12. The van der Waals surface area contributed by atoms with E-state index in [0.29, 0.717) is 12.6 Å². The van der Waals surface area contributed by atoms with Crippen molar-refractivity contribution in [2.24, 2.45) is 0 Å². The summed E-state index contributed by atoms with van der Waals surface area (Å²) in [5.41, 5.74) is 0. The molecule has 1 aliphatic carbocycles. The zero-order chi connectivity index (χ0) is 10.3. The minimum Gasteiger partial charge on any atom is -0.465 e. The maximum Gasteiger partial charge on any atom is 0.319 e. The van der Waals surface area contributed by atoms with Crippen molar-refractivity contribution in [1.82, 2.24) is 20.2 Å². The highest BCUT2D eigenvalue weighted by Crippen LogP contribution is 2.38. The SMILES string of the molecule is O=C1OCC[C@H]1Sc1nnnn1C1CC1. The number of aromatic nitrogens is 4. The van der Waals surface area contributed by atoms with Crippen molar-refractivity contribution in [3.63, 3.8) is 0 Å². The van der Waals surface area contributed by atoms with E-state index in [9.17, 15) is 4.79 Å². The maximum atomic E-state index is 11.3. The number of ether oxygens (including phenoxy) is 1. The van der Waals surface area contributed by atoms with Gasteiger partial charge in [-0.2, -0.15) is 0 Å². The summed E-state index contributed by atoms with van der Waals surface area (Å²) in [5.74, 6) is -0.148. The molecule has 0 radical (unpaired) electrons. The molecule has 2 fully saturated rings. The molecule has 7 heteroatoms. The van der Waals surface area contributed by atoms with Gasteiger partial charge in [-0.15, -0.1) is 5.10 Å². The molecule has 0 bridgehead atoms. The second kappa shape index (κ2) is 3.48. The molecule has 0 spiro atoms. The molecule has 1 aromatic heterocycles. The highest BCUT2D eigenvalue weighted by molar-refractivity contribution is 8.00. The Labute approximate surface area is 90.4 Å². The number of thioether (sulfide) groups is 1. The van der Waals surface area contributed by atoms with Crippen molar-refractivity contribution in [2.75, 3.05) is 6.61 Å². The van der Waals surface area contributed by atoms with Crippen LogP contribution in [-0.2, 0) is 9.53 Å². The van der Waals surface area contributed by atoms with Gasteiger partial charge in [0, 0.05) is 6.42 Å². The average Bonchev–Trinajstić information content (AvgIpc) is 2.85. The molecule has 0 amide bonds. The first-order chi connectivity index (χ1) is 7.34. The highest BCUT2D eigenvalue weighted by Gasteiger charge is 2.33. The standard InChI is InChI=1S/C8H10N4O2S/c13-7-6(3-4-14-7)15-8-9-10-11-12(8)5-1-2-5/h5-6H,1-4H2/t6-/m1/s1. The van der Waals surface area contributed by atoms with Gasteiger partial charge in [0.05, 0.1) is 12.6 Å². The van der Waals surface area contributed by atoms with Gasteiger partial charge >= 0.3 is 5.97 Å². The molecule has 1 aliphatic heterocycles. The van der Waals surface area contributed by atoms with Crippen LogP contribution in [0.3, 0.4) is 0 Å². The second-order valence-electron chi connectivity index (χ2n) is 3.70. The fourth-order valence-electron chi connectivity index (χ4n) is 1.52. The minimum atomic E-state index is -0.148. The molecule has 0 aromatic carbocycles. The summed E-state index contributed by atoms with van der Waals surface area (Å²) in [6, 6.07) is 0.444. The van der Waals surface area contributed by atoms with Crippen LogP contribution in [0.1, 0.15) is 25.3 Å². The fourth-order valence-corrected chi connectivity index (χ4v) is 2.53. The molecule has 1 atom stereocenters. The van der Waals surface area contributed by atoms with Crippen LogP contribution in [-0.4, -0.2) is 38.0 Å². The number of rotatable bonds is 3. The summed E-state index contributed by atoms with van der Waals surface area (Å²) in [7, 11) is 0. The molecule has 2 aliphatic rings. The Morgan fingerprint density at radius 3 is 2.93 bits per heavy atom. The van der Waals surface area contributed by atoms with Crippen molar-refractivity contribution in [1.29, 1.82) is 0 Å². The molecular formula is C8H10N4O2S. The summed E-state index contributed by atoms with van der Waals surface area (Å²) in [6.45, 7) is 0.515. The van der Waals surface area contributed by atoms with Gasteiger partial charge in [-0.25, -0.2) is 4.68 Å². The number of cyclic esters (lactones) is 1. The zero-order valence-electron chi connectivity index (χ0n) is 8.00. The zero-order valence-corrected chi connectivity index (χ0v) is 8.81. The lowest BCUT2D eigenvalue weighted by Gasteiger charge is -2.04. The molecule has 1 aromatic rings. The van der Waals surface area contributed by atoms with Gasteiger partial charge in [0.25, 0.3) is 0 Å². The normalized spacial score (nSPS) is 25.6. The van der Waals surface area contributed by atoms with Gasteiger partial charge < -0.3 is 4.74 Å². The van der Waals surface area contributed by atoms with Gasteiger partial charge in [0.15, 0.2) is 0 Å². The summed E-state index contributed by atoms with van der Waals surface area (Å²) in [6.07, 6.45) is 3.02. The topological polar surface area (TPSA) is 69.9 Å². The van der Waals surface area contributed by atoms with E-state index in [1.165, 1.54) is 11.8 Å². The van der Waals surface area contributed by atoms with Crippen molar-refractivity contribution in [3.05, 3.63) is 0 Å². The Hall–Kier alpha value is -1.11. The second-order valence-corrected chi connectivity index (χ2v) is 4.87. The van der Waals surface area contributed by atoms with Gasteiger partial charge in [-0.1, -0.05) is 11.8 Å². The Bertz CT molecular complexity index is 390. The van der Waals surface area contributed by atoms with Gasteiger partial charge in [-0.05, 0) is 23.3 Å². The molecule has 2 heterocycles. The lowest BCUT2D eigenvalue weighted by Crippen LogP contribution is -2.11. The number of carbonyl (C=O) groups is 1. The van der Waals surface area contributed by atoms with Crippen LogP contribution < -0.4 is 0 Å². The molecule has 0 N–H and O–H groups in total. The predicted octanol–water partition coefficient (Wildman–Crippen LogP) is 0.416. The fraction of sp³-hybridized carbons (Fsp3) is 0.750. The molecule has 6 nitrogen and oxygen atoms in total. The predicted molar refractivity (Wildman–Crippen MR) is 51.3 cm³/mol. The lowest BCUT2D eigenvalue weighted by atomic mass is 10.4. The first kappa shape index (κ1) is 9.14. The van der Waals surface area contributed by atoms with Crippen molar-refractivity contribution < 1.29 is 9.53 Å². The van der Waals surface area contributed by atoms with Crippen LogP contribution in [0.5, 0.6) is 0 Å². The van der Waals surface area contributed by atoms with Gasteiger partial charge in [0.2, 0.25) is 5.16 Å². The average molecular weight is 226 g/mol. The van der Waals surface area contributed by atoms with Crippen LogP contribution in [0.15, 0.2) is 5.16 Å². The third-order valence-electron chi connectivity index (χ3n) is 2.49. The molecule has 0 unspecified atom stereocenters. The first-order valence-electron chi connectivity index (χ1n) is 4.96. The summed E-state index contributed by atoms with van der Waals surface area (Å²) < 4.78 is 6.71. The van der Waals surface area contributed by atoms with Crippen molar-refractivity contribution >= 4 is 17.7 Å². The monoisotopic (exact) mass is 226 g/mol. The van der Waals surface area contributed by atoms with E-state index in [2.05, 4.69) is 15.5 Å². The van der Waals surface area contributed by atoms with E-state index < -0.39 is 0 Å². The number of carbonyl (C=O) groups excluding carboxylic acids is 1. The Balaban J connectivity index is 1.75. The Morgan fingerprint density at radius 1 is 1.40 bits per heavy atom.